The molecule has 0 aliphatic carbocycles. The van der Waals surface area contributed by atoms with Crippen LogP contribution in [0.1, 0.15) is 44.7 Å². The highest BCUT2D eigenvalue weighted by Gasteiger charge is 2.12. The minimum Gasteiger partial charge on any atom is -0.330 e. The highest BCUT2D eigenvalue weighted by molar-refractivity contribution is 6.30. The molecule has 2 unspecified atom stereocenters. The van der Waals surface area contributed by atoms with Gasteiger partial charge in [-0.1, -0.05) is 30.7 Å². The van der Waals surface area contributed by atoms with Crippen molar-refractivity contribution >= 4 is 11.6 Å². The third-order valence-electron chi connectivity index (χ3n) is 3.86. The lowest BCUT2D eigenvalue weighted by atomic mass is 10.0. The summed E-state index contributed by atoms with van der Waals surface area (Å²) in [5.41, 5.74) is 6.86. The zero-order valence-electron chi connectivity index (χ0n) is 12.4. The average Bonchev–Trinajstić information content (AvgIpc) is 2.38. The molecule has 1 aromatic rings. The van der Waals surface area contributed by atoms with Crippen molar-refractivity contribution in [2.45, 2.75) is 39.2 Å². The standard InChI is InChI=1S/C16H27ClN2/c1-13(9-10-18)6-5-11-19(3)14(2)15-7-4-8-16(17)12-15/h4,7-8,12-14H,5-6,9-11,18H2,1-3H3. The first-order valence-electron chi connectivity index (χ1n) is 7.20. The second-order valence-electron chi connectivity index (χ2n) is 5.54. The van der Waals surface area contributed by atoms with E-state index in [1.54, 1.807) is 0 Å². The van der Waals surface area contributed by atoms with Gasteiger partial charge in [0, 0.05) is 11.1 Å². The lowest BCUT2D eigenvalue weighted by molar-refractivity contribution is 0.249. The van der Waals surface area contributed by atoms with E-state index in [1.165, 1.54) is 18.4 Å². The van der Waals surface area contributed by atoms with Crippen molar-refractivity contribution in [2.75, 3.05) is 20.1 Å². The highest BCUT2D eigenvalue weighted by Crippen LogP contribution is 2.22. The van der Waals surface area contributed by atoms with Crippen LogP contribution in [0.25, 0.3) is 0 Å². The third-order valence-corrected chi connectivity index (χ3v) is 4.09. The minimum atomic E-state index is 0.406. The van der Waals surface area contributed by atoms with Crippen LogP contribution < -0.4 is 5.73 Å². The summed E-state index contributed by atoms with van der Waals surface area (Å²) in [7, 11) is 2.18. The topological polar surface area (TPSA) is 29.3 Å². The van der Waals surface area contributed by atoms with E-state index < -0.39 is 0 Å². The van der Waals surface area contributed by atoms with E-state index in [9.17, 15) is 0 Å². The molecule has 19 heavy (non-hydrogen) atoms. The monoisotopic (exact) mass is 282 g/mol. The molecular formula is C16H27ClN2. The summed E-state index contributed by atoms with van der Waals surface area (Å²) in [5, 5.41) is 0.814. The van der Waals surface area contributed by atoms with Gasteiger partial charge in [-0.25, -0.2) is 0 Å². The molecule has 0 heterocycles. The molecule has 0 aliphatic rings. The van der Waals surface area contributed by atoms with E-state index >= 15 is 0 Å². The van der Waals surface area contributed by atoms with Gasteiger partial charge in [-0.05, 0) is 69.9 Å². The summed E-state index contributed by atoms with van der Waals surface area (Å²) in [5.74, 6) is 0.736. The Kier molecular flexibility index (Phi) is 7.44. The van der Waals surface area contributed by atoms with Crippen molar-refractivity contribution in [3.8, 4) is 0 Å². The van der Waals surface area contributed by atoms with Gasteiger partial charge in [0.25, 0.3) is 0 Å². The largest absolute Gasteiger partial charge is 0.330 e. The number of hydrogen-bond acceptors (Lipinski definition) is 2. The fourth-order valence-corrected chi connectivity index (χ4v) is 2.53. The Morgan fingerprint density at radius 3 is 2.63 bits per heavy atom. The molecule has 0 saturated carbocycles. The van der Waals surface area contributed by atoms with Gasteiger partial charge in [-0.2, -0.15) is 0 Å². The Morgan fingerprint density at radius 1 is 1.26 bits per heavy atom. The van der Waals surface area contributed by atoms with Crippen LogP contribution >= 0.6 is 11.6 Å². The van der Waals surface area contributed by atoms with Crippen LogP contribution in [0, 0.1) is 5.92 Å². The molecule has 1 rings (SSSR count). The van der Waals surface area contributed by atoms with E-state index in [4.69, 9.17) is 17.3 Å². The van der Waals surface area contributed by atoms with Crippen molar-refractivity contribution in [2.24, 2.45) is 11.7 Å². The zero-order valence-corrected chi connectivity index (χ0v) is 13.2. The smallest absolute Gasteiger partial charge is 0.0409 e. The summed E-state index contributed by atoms with van der Waals surface area (Å²) in [6.07, 6.45) is 3.61. The Hall–Kier alpha value is -0.570. The summed E-state index contributed by atoms with van der Waals surface area (Å²) in [4.78, 5) is 2.39. The Bertz CT molecular complexity index is 368. The van der Waals surface area contributed by atoms with Gasteiger partial charge < -0.3 is 5.73 Å². The van der Waals surface area contributed by atoms with Crippen LogP contribution in [-0.2, 0) is 0 Å². The lowest BCUT2D eigenvalue weighted by Gasteiger charge is -2.25. The maximum absolute atomic E-state index is 6.04. The molecule has 3 heteroatoms. The maximum Gasteiger partial charge on any atom is 0.0409 e. The summed E-state index contributed by atoms with van der Waals surface area (Å²) >= 11 is 6.04. The second-order valence-corrected chi connectivity index (χ2v) is 5.97. The van der Waals surface area contributed by atoms with Crippen LogP contribution in [0.2, 0.25) is 5.02 Å². The molecule has 0 spiro atoms. The first kappa shape index (κ1) is 16.5. The van der Waals surface area contributed by atoms with Crippen molar-refractivity contribution in [3.63, 3.8) is 0 Å². The molecule has 0 bridgehead atoms. The predicted octanol–water partition coefficient (Wildman–Crippen LogP) is 4.10. The van der Waals surface area contributed by atoms with Crippen LogP contribution in [0.4, 0.5) is 0 Å². The summed E-state index contributed by atoms with van der Waals surface area (Å²) in [6.45, 7) is 6.43. The third kappa shape index (κ3) is 5.94. The first-order chi connectivity index (χ1) is 9.04. The first-order valence-corrected chi connectivity index (χ1v) is 7.58. The molecule has 0 amide bonds. The van der Waals surface area contributed by atoms with Gasteiger partial charge in [-0.15, -0.1) is 0 Å². The van der Waals surface area contributed by atoms with Crippen molar-refractivity contribution in [1.82, 2.24) is 4.90 Å². The van der Waals surface area contributed by atoms with E-state index in [1.807, 2.05) is 12.1 Å². The highest BCUT2D eigenvalue weighted by atomic mass is 35.5. The molecule has 0 aromatic heterocycles. The molecule has 0 fully saturated rings. The quantitative estimate of drug-likeness (QED) is 0.778. The van der Waals surface area contributed by atoms with E-state index in [-0.39, 0.29) is 0 Å². The van der Waals surface area contributed by atoms with Crippen molar-refractivity contribution in [1.29, 1.82) is 0 Å². The molecule has 1 aromatic carbocycles. The van der Waals surface area contributed by atoms with Gasteiger partial charge in [-0.3, -0.25) is 4.90 Å². The average molecular weight is 283 g/mol. The second kappa shape index (κ2) is 8.57. The fourth-order valence-electron chi connectivity index (χ4n) is 2.33. The molecule has 0 aliphatic heterocycles. The van der Waals surface area contributed by atoms with Gasteiger partial charge in [0.05, 0.1) is 0 Å². The summed E-state index contributed by atoms with van der Waals surface area (Å²) in [6, 6.07) is 8.55. The number of rotatable bonds is 8. The number of benzene rings is 1. The molecule has 0 radical (unpaired) electrons. The molecule has 2 nitrogen and oxygen atoms in total. The van der Waals surface area contributed by atoms with Gasteiger partial charge in [0.1, 0.15) is 0 Å². The van der Waals surface area contributed by atoms with Gasteiger partial charge >= 0.3 is 0 Å². The minimum absolute atomic E-state index is 0.406. The van der Waals surface area contributed by atoms with E-state index in [2.05, 4.69) is 37.9 Å². The normalized spacial score (nSPS) is 14.6. The fraction of sp³-hybridized carbons (Fsp3) is 0.625. The SMILES string of the molecule is CC(CCN)CCCN(C)C(C)c1cccc(Cl)c1. The van der Waals surface area contributed by atoms with E-state index in [0.717, 1.165) is 30.5 Å². The molecule has 2 atom stereocenters. The Labute approximate surface area is 122 Å². The van der Waals surface area contributed by atoms with Crippen LogP contribution in [0.5, 0.6) is 0 Å². The number of hydrogen-bond donors (Lipinski definition) is 1. The van der Waals surface area contributed by atoms with Gasteiger partial charge in [0.2, 0.25) is 0 Å². The summed E-state index contributed by atoms with van der Waals surface area (Å²) < 4.78 is 0. The lowest BCUT2D eigenvalue weighted by Crippen LogP contribution is -2.24. The maximum atomic E-state index is 6.04. The Morgan fingerprint density at radius 2 is 2.00 bits per heavy atom. The predicted molar refractivity (Wildman–Crippen MR) is 84.6 cm³/mol. The molecule has 2 N–H and O–H groups in total. The van der Waals surface area contributed by atoms with Gasteiger partial charge in [0.15, 0.2) is 0 Å². The number of halogens is 1. The molecule has 108 valence electrons. The number of nitrogens with two attached hydrogens (primary N) is 1. The van der Waals surface area contributed by atoms with Crippen molar-refractivity contribution < 1.29 is 0 Å². The molecule has 0 saturated heterocycles. The van der Waals surface area contributed by atoms with Crippen LogP contribution in [-0.4, -0.2) is 25.0 Å². The zero-order chi connectivity index (χ0) is 14.3. The van der Waals surface area contributed by atoms with E-state index in [0.29, 0.717) is 6.04 Å². The molecular weight excluding hydrogens is 256 g/mol. The van der Waals surface area contributed by atoms with Crippen LogP contribution in [0.15, 0.2) is 24.3 Å². The Balaban J connectivity index is 2.38. The number of nitrogens with zero attached hydrogens (tertiary/aromatic N) is 1. The van der Waals surface area contributed by atoms with Crippen LogP contribution in [0.3, 0.4) is 0 Å². The van der Waals surface area contributed by atoms with Crippen molar-refractivity contribution in [3.05, 3.63) is 34.9 Å².